The van der Waals surface area contributed by atoms with Crippen LogP contribution in [0.1, 0.15) is 119 Å². The van der Waals surface area contributed by atoms with Crippen LogP contribution >= 0.6 is 0 Å². The molecular weight excluding hydrogens is 617 g/mol. The monoisotopic (exact) mass is 684 g/mol. The minimum absolute atomic E-state index is 0.0888. The smallest absolute Gasteiger partial charge is 0.241 e. The molecule has 0 aliphatic carbocycles. The summed E-state index contributed by atoms with van der Waals surface area (Å²) in [6, 6.07) is 5.44. The predicted octanol–water partition coefficient (Wildman–Crippen LogP) is 9.06. The van der Waals surface area contributed by atoms with Gasteiger partial charge in [-0.3, -0.25) is 14.5 Å². The van der Waals surface area contributed by atoms with Crippen LogP contribution in [-0.2, 0) is 19.1 Å². The van der Waals surface area contributed by atoms with Crippen LogP contribution in [-0.4, -0.2) is 73.6 Å². The number of unbranched alkanes of at least 4 members (excludes halogenated alkanes) is 1. The first-order chi connectivity index (χ1) is 23.4. The lowest BCUT2D eigenvalue weighted by atomic mass is 10.0. The van der Waals surface area contributed by atoms with E-state index >= 15 is 0 Å². The lowest BCUT2D eigenvalue weighted by Gasteiger charge is -2.35. The van der Waals surface area contributed by atoms with Crippen LogP contribution in [0.15, 0.2) is 41.4 Å². The van der Waals surface area contributed by atoms with Crippen LogP contribution in [0.3, 0.4) is 0 Å². The van der Waals surface area contributed by atoms with Gasteiger partial charge in [0.05, 0.1) is 20.3 Å². The average Bonchev–Trinajstić information content (AvgIpc) is 3.41. The molecular formula is C41H66FN3O4. The van der Waals surface area contributed by atoms with Crippen molar-refractivity contribution in [2.45, 2.75) is 132 Å². The molecule has 1 saturated heterocycles. The summed E-state index contributed by atoms with van der Waals surface area (Å²) in [5, 5.41) is 0. The first kappa shape index (κ1) is 43.7. The van der Waals surface area contributed by atoms with Crippen LogP contribution in [0, 0.1) is 31.0 Å². The van der Waals surface area contributed by atoms with E-state index < -0.39 is 0 Å². The highest BCUT2D eigenvalue weighted by Gasteiger charge is 2.34. The highest BCUT2D eigenvalue weighted by atomic mass is 19.1. The van der Waals surface area contributed by atoms with Gasteiger partial charge in [-0.1, -0.05) is 59.8 Å². The van der Waals surface area contributed by atoms with Gasteiger partial charge in [0, 0.05) is 56.3 Å². The molecule has 0 saturated carbocycles. The van der Waals surface area contributed by atoms with E-state index in [1.165, 1.54) is 6.07 Å². The third-order valence-electron chi connectivity index (χ3n) is 9.16. The number of carbonyl (C=O) groups excluding carboxylic acids is 2. The molecule has 1 aromatic carbocycles. The zero-order valence-corrected chi connectivity index (χ0v) is 32.4. The highest BCUT2D eigenvalue weighted by Crippen LogP contribution is 2.29. The van der Waals surface area contributed by atoms with Crippen LogP contribution < -0.4 is 4.90 Å². The Morgan fingerprint density at radius 1 is 1.12 bits per heavy atom. The Balaban J connectivity index is 0.000000632. The minimum Gasteiger partial charge on any atom is -0.497 e. The van der Waals surface area contributed by atoms with Gasteiger partial charge in [0.25, 0.3) is 0 Å². The van der Waals surface area contributed by atoms with E-state index in [1.807, 2.05) is 36.6 Å². The molecule has 0 spiro atoms. The third kappa shape index (κ3) is 14.6. The third-order valence-corrected chi connectivity index (χ3v) is 9.16. The summed E-state index contributed by atoms with van der Waals surface area (Å²) in [5.74, 6) is 4.62. The van der Waals surface area contributed by atoms with Crippen LogP contribution in [0.4, 0.5) is 10.1 Å². The number of hydrogen-bond acceptors (Lipinski definition) is 5. The van der Waals surface area contributed by atoms with Crippen molar-refractivity contribution >= 4 is 17.5 Å². The number of benzene rings is 1. The molecule has 1 unspecified atom stereocenters. The number of amides is 2. The second-order valence-electron chi connectivity index (χ2n) is 13.2. The van der Waals surface area contributed by atoms with E-state index in [9.17, 15) is 14.0 Å². The van der Waals surface area contributed by atoms with Crippen molar-refractivity contribution in [1.29, 1.82) is 0 Å². The van der Waals surface area contributed by atoms with E-state index in [1.54, 1.807) is 33.1 Å². The molecule has 1 aliphatic heterocycles. The van der Waals surface area contributed by atoms with Gasteiger partial charge in [-0.15, -0.1) is 6.42 Å². The van der Waals surface area contributed by atoms with Crippen molar-refractivity contribution in [2.75, 3.05) is 44.8 Å². The SMILES string of the molecule is C#C/C=C(C)\C(OCCCC)=C(/CC)OC.CCCC(CCC)N(C(=O)CN1CC(C)C[C@@H]1CCN(CC)C(C)=O)c1ccc(F)c(C)c1. The Bertz CT molecular complexity index is 1240. The molecule has 1 heterocycles. The number of hydrogen-bond donors (Lipinski definition) is 0. The number of likely N-dealkylation sites (tertiary alicyclic amines) is 1. The maximum Gasteiger partial charge on any atom is 0.241 e. The fraction of sp³-hybridized carbons (Fsp3) is 0.659. The number of anilines is 1. The summed E-state index contributed by atoms with van der Waals surface area (Å²) in [6.07, 6.45) is 15.7. The van der Waals surface area contributed by atoms with Gasteiger partial charge in [0.2, 0.25) is 11.8 Å². The lowest BCUT2D eigenvalue weighted by molar-refractivity contribution is -0.129. The molecule has 276 valence electrons. The van der Waals surface area contributed by atoms with Crippen molar-refractivity contribution in [3.8, 4) is 12.3 Å². The first-order valence-electron chi connectivity index (χ1n) is 18.5. The number of carbonyl (C=O) groups is 2. The van der Waals surface area contributed by atoms with Gasteiger partial charge in [-0.25, -0.2) is 4.39 Å². The first-order valence-corrected chi connectivity index (χ1v) is 18.5. The van der Waals surface area contributed by atoms with Crippen molar-refractivity contribution in [1.82, 2.24) is 9.80 Å². The second-order valence-corrected chi connectivity index (χ2v) is 13.2. The molecule has 2 amide bonds. The quantitative estimate of drug-likeness (QED) is 0.0630. The van der Waals surface area contributed by atoms with E-state index in [0.29, 0.717) is 37.2 Å². The fourth-order valence-electron chi connectivity index (χ4n) is 6.55. The number of terminal acetylenes is 1. The van der Waals surface area contributed by atoms with Crippen LogP contribution in [0.25, 0.3) is 0 Å². The van der Waals surface area contributed by atoms with E-state index in [4.69, 9.17) is 15.9 Å². The number of halogens is 1. The molecule has 8 heteroatoms. The normalized spacial score (nSPS) is 16.8. The van der Waals surface area contributed by atoms with Gasteiger partial charge < -0.3 is 19.3 Å². The molecule has 7 nitrogen and oxygen atoms in total. The number of nitrogens with zero attached hydrogens (tertiary/aromatic N) is 3. The molecule has 2 atom stereocenters. The molecule has 0 N–H and O–H groups in total. The number of rotatable bonds is 19. The summed E-state index contributed by atoms with van der Waals surface area (Å²) in [7, 11) is 1.66. The molecule has 0 bridgehead atoms. The molecule has 1 aliphatic rings. The highest BCUT2D eigenvalue weighted by molar-refractivity contribution is 5.95. The van der Waals surface area contributed by atoms with Crippen LogP contribution in [0.5, 0.6) is 0 Å². The summed E-state index contributed by atoms with van der Waals surface area (Å²) in [5.41, 5.74) is 2.30. The maximum absolute atomic E-state index is 14.0. The summed E-state index contributed by atoms with van der Waals surface area (Å²) in [4.78, 5) is 31.7. The van der Waals surface area contributed by atoms with E-state index in [0.717, 1.165) is 93.7 Å². The predicted molar refractivity (Wildman–Crippen MR) is 202 cm³/mol. The Labute approximate surface area is 298 Å². The van der Waals surface area contributed by atoms with Gasteiger partial charge >= 0.3 is 0 Å². The molecule has 0 radical (unpaired) electrons. The van der Waals surface area contributed by atoms with Crippen LogP contribution in [0.2, 0.25) is 0 Å². The van der Waals surface area contributed by atoms with Crippen molar-refractivity contribution < 1.29 is 23.5 Å². The van der Waals surface area contributed by atoms with Crippen molar-refractivity contribution in [3.05, 3.63) is 52.7 Å². The Morgan fingerprint density at radius 3 is 2.31 bits per heavy atom. The lowest BCUT2D eigenvalue weighted by Crippen LogP contribution is -2.47. The van der Waals surface area contributed by atoms with E-state index in [-0.39, 0.29) is 23.7 Å². The average molecular weight is 684 g/mol. The summed E-state index contributed by atoms with van der Waals surface area (Å²) < 4.78 is 25.0. The largest absolute Gasteiger partial charge is 0.497 e. The summed E-state index contributed by atoms with van der Waals surface area (Å²) >= 11 is 0. The Kier molecular flexibility index (Phi) is 21.4. The maximum atomic E-state index is 14.0. The minimum atomic E-state index is -0.243. The fourth-order valence-corrected chi connectivity index (χ4v) is 6.55. The number of allylic oxidation sites excluding steroid dienone is 3. The van der Waals surface area contributed by atoms with Gasteiger partial charge in [0.1, 0.15) is 11.6 Å². The van der Waals surface area contributed by atoms with Gasteiger partial charge in [0.15, 0.2) is 5.76 Å². The molecule has 0 aromatic heterocycles. The van der Waals surface area contributed by atoms with Crippen molar-refractivity contribution in [3.63, 3.8) is 0 Å². The Morgan fingerprint density at radius 2 is 1.80 bits per heavy atom. The number of ether oxygens (including phenoxy) is 2. The zero-order valence-electron chi connectivity index (χ0n) is 32.4. The Hall–Kier alpha value is -3.31. The van der Waals surface area contributed by atoms with Crippen molar-refractivity contribution in [2.24, 2.45) is 5.92 Å². The molecule has 2 rings (SSSR count). The number of methoxy groups -OCH3 is 1. The zero-order chi connectivity index (χ0) is 36.9. The second kappa shape index (κ2) is 23.9. The molecule has 1 fully saturated rings. The van der Waals surface area contributed by atoms with Gasteiger partial charge in [-0.2, -0.15) is 0 Å². The topological polar surface area (TPSA) is 62.3 Å². The standard InChI is InChI=1S/C27H44FN3O2.C14H22O2/c1-7-10-23(11-8-2)31(25-12-13-26(28)21(5)17-25)27(33)19-30-18-20(4)16-24(30)14-15-29(9-3)22(6)32;1-6-9-11-16-14(12(4)10-7-2)13(8-3)15-5/h12-13,17,20,23-24H,7-11,14-16,18-19H2,1-6H3;2,10H,6,8-9,11H2,1,3-5H3/b;12-10-,14-13-/t20?,24-;/m0./s1. The van der Waals surface area contributed by atoms with E-state index in [2.05, 4.69) is 38.5 Å². The molecule has 49 heavy (non-hydrogen) atoms. The number of aryl methyl sites for hydroxylation is 1. The van der Waals surface area contributed by atoms with Gasteiger partial charge in [-0.05, 0) is 88.6 Å². The summed E-state index contributed by atoms with van der Waals surface area (Å²) in [6.45, 7) is 21.4. The molecule has 1 aromatic rings.